The number of carbonyl (C=O) groups is 1. The molecule has 0 radical (unpaired) electrons. The van der Waals surface area contributed by atoms with E-state index >= 15 is 0 Å². The summed E-state index contributed by atoms with van der Waals surface area (Å²) in [6.07, 6.45) is 3.34. The highest BCUT2D eigenvalue weighted by Crippen LogP contribution is 2.24. The topological polar surface area (TPSA) is 42.2 Å². The number of benzene rings is 1. The van der Waals surface area contributed by atoms with Crippen molar-refractivity contribution in [3.63, 3.8) is 0 Å². The van der Waals surface area contributed by atoms with Crippen LogP contribution in [0.5, 0.6) is 0 Å². The van der Waals surface area contributed by atoms with Gasteiger partial charge in [-0.25, -0.2) is 0 Å². The molecule has 1 amide bonds. The zero-order chi connectivity index (χ0) is 15.5. The maximum absolute atomic E-state index is 12.0. The molecule has 0 spiro atoms. The SMILES string of the molecule is CC(NC(=O)/C=C/c1ccc(Br)s1)c1cc2ccccc2o1. The van der Waals surface area contributed by atoms with E-state index in [4.69, 9.17) is 4.42 Å². The number of amides is 1. The summed E-state index contributed by atoms with van der Waals surface area (Å²) < 4.78 is 6.80. The molecule has 0 bridgehead atoms. The number of hydrogen-bond donors (Lipinski definition) is 1. The van der Waals surface area contributed by atoms with Gasteiger partial charge in [0.1, 0.15) is 11.3 Å². The van der Waals surface area contributed by atoms with Gasteiger partial charge in [0.05, 0.1) is 9.83 Å². The molecule has 0 aliphatic heterocycles. The highest BCUT2D eigenvalue weighted by Gasteiger charge is 2.12. The second-order valence-electron chi connectivity index (χ2n) is 4.89. The van der Waals surface area contributed by atoms with Crippen molar-refractivity contribution < 1.29 is 9.21 Å². The summed E-state index contributed by atoms with van der Waals surface area (Å²) in [4.78, 5) is 13.0. The van der Waals surface area contributed by atoms with Crippen LogP contribution in [0.3, 0.4) is 0 Å². The van der Waals surface area contributed by atoms with E-state index in [1.165, 1.54) is 6.08 Å². The smallest absolute Gasteiger partial charge is 0.244 e. The van der Waals surface area contributed by atoms with Crippen molar-refractivity contribution in [2.75, 3.05) is 0 Å². The first-order chi connectivity index (χ1) is 10.6. The monoisotopic (exact) mass is 375 g/mol. The minimum atomic E-state index is -0.181. The lowest BCUT2D eigenvalue weighted by atomic mass is 10.2. The number of carbonyl (C=O) groups excluding carboxylic acids is 1. The van der Waals surface area contributed by atoms with E-state index in [1.54, 1.807) is 17.4 Å². The molecule has 0 saturated heterocycles. The summed E-state index contributed by atoms with van der Waals surface area (Å²) in [7, 11) is 0. The molecule has 0 saturated carbocycles. The van der Waals surface area contributed by atoms with Gasteiger partial charge in [0, 0.05) is 16.3 Å². The maximum Gasteiger partial charge on any atom is 0.244 e. The fourth-order valence-electron chi connectivity index (χ4n) is 2.12. The van der Waals surface area contributed by atoms with E-state index in [2.05, 4.69) is 21.2 Å². The maximum atomic E-state index is 12.0. The zero-order valence-electron chi connectivity index (χ0n) is 11.9. The lowest BCUT2D eigenvalue weighted by molar-refractivity contribution is -0.117. The van der Waals surface area contributed by atoms with Crippen molar-refractivity contribution >= 4 is 50.2 Å². The van der Waals surface area contributed by atoms with Crippen molar-refractivity contribution in [3.8, 4) is 0 Å². The van der Waals surface area contributed by atoms with Crippen LogP contribution >= 0.6 is 27.3 Å². The number of thiophene rings is 1. The Morgan fingerprint density at radius 3 is 2.86 bits per heavy atom. The van der Waals surface area contributed by atoms with Crippen molar-refractivity contribution in [2.45, 2.75) is 13.0 Å². The van der Waals surface area contributed by atoms with Crippen LogP contribution in [-0.4, -0.2) is 5.91 Å². The summed E-state index contributed by atoms with van der Waals surface area (Å²) >= 11 is 4.98. The summed E-state index contributed by atoms with van der Waals surface area (Å²) in [5, 5.41) is 3.95. The van der Waals surface area contributed by atoms with E-state index in [-0.39, 0.29) is 11.9 Å². The van der Waals surface area contributed by atoms with Crippen LogP contribution in [0.4, 0.5) is 0 Å². The first-order valence-corrected chi connectivity index (χ1v) is 8.45. The summed E-state index contributed by atoms with van der Waals surface area (Å²) in [5.41, 5.74) is 0.831. The molecule has 0 fully saturated rings. The van der Waals surface area contributed by atoms with E-state index in [0.29, 0.717) is 0 Å². The Bertz CT molecular complexity index is 801. The van der Waals surface area contributed by atoms with Gasteiger partial charge in [0.15, 0.2) is 0 Å². The van der Waals surface area contributed by atoms with E-state index in [0.717, 1.165) is 25.4 Å². The lowest BCUT2D eigenvalue weighted by Crippen LogP contribution is -2.24. The molecule has 0 aliphatic rings. The molecule has 3 nitrogen and oxygen atoms in total. The molecule has 1 aromatic carbocycles. The molecule has 2 aromatic heterocycles. The second-order valence-corrected chi connectivity index (χ2v) is 7.39. The van der Waals surface area contributed by atoms with Crippen LogP contribution in [0.25, 0.3) is 17.0 Å². The number of para-hydroxylation sites is 1. The van der Waals surface area contributed by atoms with Crippen molar-refractivity contribution in [1.82, 2.24) is 5.32 Å². The molecule has 1 atom stereocenters. The third-order valence-corrected chi connectivity index (χ3v) is 4.81. The number of nitrogens with one attached hydrogen (secondary N) is 1. The quantitative estimate of drug-likeness (QED) is 0.640. The van der Waals surface area contributed by atoms with Crippen molar-refractivity contribution in [3.05, 3.63) is 63.0 Å². The molecule has 3 aromatic rings. The van der Waals surface area contributed by atoms with Crippen LogP contribution < -0.4 is 5.32 Å². The molecule has 1 unspecified atom stereocenters. The minimum absolute atomic E-state index is 0.141. The zero-order valence-corrected chi connectivity index (χ0v) is 14.3. The molecule has 5 heteroatoms. The first kappa shape index (κ1) is 15.1. The normalized spacial score (nSPS) is 12.8. The van der Waals surface area contributed by atoms with E-state index in [1.807, 2.05) is 49.4 Å². The molecule has 22 heavy (non-hydrogen) atoms. The number of halogens is 1. The third kappa shape index (κ3) is 3.48. The van der Waals surface area contributed by atoms with Crippen molar-refractivity contribution in [2.24, 2.45) is 0 Å². The summed E-state index contributed by atoms with van der Waals surface area (Å²) in [6, 6.07) is 13.5. The van der Waals surface area contributed by atoms with Gasteiger partial charge in [-0.3, -0.25) is 4.79 Å². The Morgan fingerprint density at radius 1 is 1.32 bits per heavy atom. The molecule has 2 heterocycles. The fraction of sp³-hybridized carbons (Fsp3) is 0.118. The van der Waals surface area contributed by atoms with Gasteiger partial charge in [-0.1, -0.05) is 18.2 Å². The number of hydrogen-bond acceptors (Lipinski definition) is 3. The Hall–Kier alpha value is -1.85. The predicted molar refractivity (Wildman–Crippen MR) is 93.8 cm³/mol. The first-order valence-electron chi connectivity index (χ1n) is 6.84. The van der Waals surface area contributed by atoms with Gasteiger partial charge in [0.25, 0.3) is 0 Å². The average Bonchev–Trinajstić information content (AvgIpc) is 3.11. The standard InChI is InChI=1S/C17H14BrNO2S/c1-11(15-10-12-4-2-3-5-14(12)21-15)19-17(20)9-7-13-6-8-16(18)22-13/h2-11H,1H3,(H,19,20)/b9-7+. The van der Waals surface area contributed by atoms with Gasteiger partial charge >= 0.3 is 0 Å². The van der Waals surface area contributed by atoms with Crippen LogP contribution in [0.15, 0.2) is 56.7 Å². The molecule has 3 rings (SSSR count). The van der Waals surface area contributed by atoms with Crippen LogP contribution in [0.1, 0.15) is 23.6 Å². The number of rotatable bonds is 4. The highest BCUT2D eigenvalue weighted by molar-refractivity contribution is 9.11. The van der Waals surface area contributed by atoms with E-state index < -0.39 is 0 Å². The molecule has 112 valence electrons. The largest absolute Gasteiger partial charge is 0.459 e. The Labute approximate surface area is 140 Å². The van der Waals surface area contributed by atoms with Gasteiger partial charge in [-0.2, -0.15) is 0 Å². The van der Waals surface area contributed by atoms with Crippen LogP contribution in [0.2, 0.25) is 0 Å². The molecule has 1 N–H and O–H groups in total. The molecular weight excluding hydrogens is 362 g/mol. The van der Waals surface area contributed by atoms with Gasteiger partial charge in [-0.15, -0.1) is 11.3 Å². The average molecular weight is 376 g/mol. The minimum Gasteiger partial charge on any atom is -0.459 e. The molecular formula is C17H14BrNO2S. The predicted octanol–water partition coefficient (Wildman–Crippen LogP) is 5.15. The Kier molecular flexibility index (Phi) is 4.45. The highest BCUT2D eigenvalue weighted by atomic mass is 79.9. The lowest BCUT2D eigenvalue weighted by Gasteiger charge is -2.08. The van der Waals surface area contributed by atoms with Gasteiger partial charge < -0.3 is 9.73 Å². The number of fused-ring (bicyclic) bond motifs is 1. The van der Waals surface area contributed by atoms with Crippen LogP contribution in [0, 0.1) is 0 Å². The fourth-order valence-corrected chi connectivity index (χ4v) is 3.45. The van der Waals surface area contributed by atoms with E-state index in [9.17, 15) is 4.79 Å². The van der Waals surface area contributed by atoms with Gasteiger partial charge in [0.2, 0.25) is 5.91 Å². The molecule has 0 aliphatic carbocycles. The summed E-state index contributed by atoms with van der Waals surface area (Å²) in [6.45, 7) is 1.91. The van der Waals surface area contributed by atoms with Crippen LogP contribution in [-0.2, 0) is 4.79 Å². The summed E-state index contributed by atoms with van der Waals surface area (Å²) in [5.74, 6) is 0.610. The Balaban J connectivity index is 1.66. The second kappa shape index (κ2) is 6.50. The van der Waals surface area contributed by atoms with Gasteiger partial charge in [-0.05, 0) is 53.2 Å². The number of furan rings is 1. The Morgan fingerprint density at radius 2 is 2.14 bits per heavy atom. The third-order valence-electron chi connectivity index (χ3n) is 3.22. The van der Waals surface area contributed by atoms with Crippen molar-refractivity contribution in [1.29, 1.82) is 0 Å².